The third-order valence-corrected chi connectivity index (χ3v) is 5.44. The van der Waals surface area contributed by atoms with Gasteiger partial charge in [-0.1, -0.05) is 26.0 Å². The molecule has 170 valence electrons. The Labute approximate surface area is 193 Å². The molecule has 0 saturated heterocycles. The summed E-state index contributed by atoms with van der Waals surface area (Å²) >= 11 is 0. The first-order valence-corrected chi connectivity index (χ1v) is 11.2. The molecule has 0 unspecified atom stereocenters. The van der Waals surface area contributed by atoms with E-state index in [-0.39, 0.29) is 5.91 Å². The maximum atomic E-state index is 12.6. The lowest BCUT2D eigenvalue weighted by Gasteiger charge is -2.13. The molecule has 1 aliphatic carbocycles. The molecule has 33 heavy (non-hydrogen) atoms. The van der Waals surface area contributed by atoms with Gasteiger partial charge in [0.1, 0.15) is 11.5 Å². The number of methoxy groups -OCH3 is 2. The van der Waals surface area contributed by atoms with Crippen LogP contribution in [-0.2, 0) is 0 Å². The van der Waals surface area contributed by atoms with Gasteiger partial charge >= 0.3 is 0 Å². The third kappa shape index (κ3) is 4.70. The largest absolute Gasteiger partial charge is 0.493 e. The second-order valence-corrected chi connectivity index (χ2v) is 7.57. The highest BCUT2D eigenvalue weighted by atomic mass is 16.5. The number of pyridine rings is 1. The summed E-state index contributed by atoms with van der Waals surface area (Å²) in [5.74, 6) is 2.53. The number of nitrogens with one attached hydrogen (secondary N) is 1. The number of fused-ring (bicyclic) bond motifs is 2. The molecular formula is C27H28N2O4. The molecule has 0 bridgehead atoms. The zero-order valence-electron chi connectivity index (χ0n) is 19.3. The van der Waals surface area contributed by atoms with Crippen LogP contribution in [0.3, 0.4) is 0 Å². The zero-order chi connectivity index (χ0) is 23.4. The molecule has 1 aliphatic rings. The molecule has 1 aromatic heterocycles. The van der Waals surface area contributed by atoms with Crippen molar-refractivity contribution in [3.63, 3.8) is 0 Å². The smallest absolute Gasteiger partial charge is 0.252 e. The van der Waals surface area contributed by atoms with E-state index in [4.69, 9.17) is 14.2 Å². The van der Waals surface area contributed by atoms with Crippen LogP contribution in [0.15, 0.2) is 60.8 Å². The van der Waals surface area contributed by atoms with E-state index in [0.717, 1.165) is 34.5 Å². The minimum absolute atomic E-state index is 0.0251. The van der Waals surface area contributed by atoms with Gasteiger partial charge in [-0.25, -0.2) is 0 Å². The fourth-order valence-corrected chi connectivity index (χ4v) is 3.68. The second-order valence-electron chi connectivity index (χ2n) is 7.57. The molecular weight excluding hydrogens is 416 g/mol. The van der Waals surface area contributed by atoms with Crippen LogP contribution in [0.4, 0.5) is 0 Å². The molecule has 5 rings (SSSR count). The predicted octanol–water partition coefficient (Wildman–Crippen LogP) is 6.12. The van der Waals surface area contributed by atoms with E-state index in [2.05, 4.69) is 10.3 Å². The van der Waals surface area contributed by atoms with Gasteiger partial charge < -0.3 is 19.5 Å². The summed E-state index contributed by atoms with van der Waals surface area (Å²) < 4.78 is 17.0. The van der Waals surface area contributed by atoms with Crippen molar-refractivity contribution in [1.29, 1.82) is 0 Å². The van der Waals surface area contributed by atoms with Crippen LogP contribution in [0.25, 0.3) is 21.7 Å². The number of aromatic nitrogens is 1. The average Bonchev–Trinajstić information content (AvgIpc) is 3.68. The molecule has 6 nitrogen and oxygen atoms in total. The van der Waals surface area contributed by atoms with Crippen molar-refractivity contribution >= 4 is 27.6 Å². The van der Waals surface area contributed by atoms with Gasteiger partial charge in [-0.05, 0) is 60.0 Å². The molecule has 1 amide bonds. The Morgan fingerprint density at radius 3 is 2.39 bits per heavy atom. The van der Waals surface area contributed by atoms with Crippen molar-refractivity contribution in [1.82, 2.24) is 10.3 Å². The average molecular weight is 445 g/mol. The summed E-state index contributed by atoms with van der Waals surface area (Å²) in [7, 11) is 3.19. The summed E-state index contributed by atoms with van der Waals surface area (Å²) in [6.07, 6.45) is 3.82. The van der Waals surface area contributed by atoms with Crippen LogP contribution in [0.1, 0.15) is 37.0 Å². The fourth-order valence-electron chi connectivity index (χ4n) is 3.68. The highest BCUT2D eigenvalue weighted by Gasteiger charge is 2.24. The lowest BCUT2D eigenvalue weighted by molar-refractivity contribution is 0.0952. The number of carbonyl (C=O) groups excluding carboxylic acids is 1. The van der Waals surface area contributed by atoms with Gasteiger partial charge in [0.2, 0.25) is 0 Å². The highest BCUT2D eigenvalue weighted by Crippen LogP contribution is 2.37. The summed E-state index contributed by atoms with van der Waals surface area (Å²) in [4.78, 5) is 17.0. The number of hydrogen-bond acceptors (Lipinski definition) is 5. The Morgan fingerprint density at radius 1 is 0.909 bits per heavy atom. The van der Waals surface area contributed by atoms with Gasteiger partial charge in [0, 0.05) is 29.3 Å². The van der Waals surface area contributed by atoms with Crippen molar-refractivity contribution in [2.75, 3.05) is 14.2 Å². The van der Waals surface area contributed by atoms with E-state index < -0.39 is 0 Å². The second kappa shape index (κ2) is 9.77. The van der Waals surface area contributed by atoms with Crippen molar-refractivity contribution in [2.45, 2.75) is 32.7 Å². The lowest BCUT2D eigenvalue weighted by Crippen LogP contribution is -2.25. The minimum Gasteiger partial charge on any atom is -0.493 e. The number of hydrogen-bond donors (Lipinski definition) is 1. The Balaban J connectivity index is 0.00000126. The van der Waals surface area contributed by atoms with Crippen LogP contribution >= 0.6 is 0 Å². The van der Waals surface area contributed by atoms with E-state index >= 15 is 0 Å². The summed E-state index contributed by atoms with van der Waals surface area (Å²) in [5.41, 5.74) is 1.43. The number of rotatable bonds is 6. The summed E-state index contributed by atoms with van der Waals surface area (Å²) in [5, 5.41) is 5.72. The van der Waals surface area contributed by atoms with Gasteiger partial charge in [-0.15, -0.1) is 0 Å². The molecule has 0 atom stereocenters. The molecule has 1 saturated carbocycles. The third-order valence-electron chi connectivity index (χ3n) is 5.44. The number of nitrogens with zero attached hydrogens (tertiary/aromatic N) is 1. The number of carbonyl (C=O) groups is 1. The van der Waals surface area contributed by atoms with E-state index in [9.17, 15) is 4.79 Å². The predicted molar refractivity (Wildman–Crippen MR) is 131 cm³/mol. The molecule has 4 aromatic rings. The van der Waals surface area contributed by atoms with Crippen LogP contribution in [0, 0.1) is 0 Å². The van der Waals surface area contributed by atoms with Gasteiger partial charge in [0.15, 0.2) is 11.5 Å². The Kier molecular flexibility index (Phi) is 6.63. The van der Waals surface area contributed by atoms with E-state index in [1.165, 1.54) is 0 Å². The Hall–Kier alpha value is -3.80. The number of ether oxygens (including phenoxy) is 3. The SMILES string of the molecule is CC.COc1cc2nccc(Oc3ccc4c(C(=O)NC5CC5)cccc4c3)c2cc1OC. The van der Waals surface area contributed by atoms with Crippen molar-refractivity contribution < 1.29 is 19.0 Å². The van der Waals surface area contributed by atoms with Crippen molar-refractivity contribution in [3.8, 4) is 23.0 Å². The monoisotopic (exact) mass is 444 g/mol. The van der Waals surface area contributed by atoms with Gasteiger partial charge in [-0.3, -0.25) is 9.78 Å². The number of benzene rings is 3. The molecule has 1 fully saturated rings. The van der Waals surface area contributed by atoms with Crippen LogP contribution < -0.4 is 19.5 Å². The first-order valence-electron chi connectivity index (χ1n) is 11.2. The van der Waals surface area contributed by atoms with E-state index in [0.29, 0.717) is 34.6 Å². The maximum absolute atomic E-state index is 12.6. The number of amides is 1. The minimum atomic E-state index is -0.0251. The van der Waals surface area contributed by atoms with Gasteiger partial charge in [0.05, 0.1) is 19.7 Å². The molecule has 3 aromatic carbocycles. The standard InChI is InChI=1S/C25H22N2O4.C2H6/c1-29-23-13-20-21(14-24(23)30-2)26-11-10-22(20)31-17-8-9-18-15(12-17)4-3-5-19(18)25(28)27-16-6-7-16;1-2/h3-5,8-14,16H,6-7H2,1-2H3,(H,27,28);1-2H3. The maximum Gasteiger partial charge on any atom is 0.252 e. The summed E-state index contributed by atoms with van der Waals surface area (Å²) in [6.45, 7) is 4.00. The lowest BCUT2D eigenvalue weighted by atomic mass is 10.0. The van der Waals surface area contributed by atoms with E-state index in [1.807, 2.05) is 68.4 Å². The molecule has 0 aliphatic heterocycles. The summed E-state index contributed by atoms with van der Waals surface area (Å²) in [6, 6.07) is 17.3. The van der Waals surface area contributed by atoms with E-state index in [1.54, 1.807) is 20.4 Å². The molecule has 1 heterocycles. The zero-order valence-corrected chi connectivity index (χ0v) is 19.3. The van der Waals surface area contributed by atoms with Crippen molar-refractivity contribution in [2.24, 2.45) is 0 Å². The fraction of sp³-hybridized carbons (Fsp3) is 0.259. The van der Waals surface area contributed by atoms with Crippen LogP contribution in [0.5, 0.6) is 23.0 Å². The van der Waals surface area contributed by atoms with Crippen LogP contribution in [0.2, 0.25) is 0 Å². The van der Waals surface area contributed by atoms with Gasteiger partial charge in [0.25, 0.3) is 5.91 Å². The van der Waals surface area contributed by atoms with Crippen LogP contribution in [-0.4, -0.2) is 31.2 Å². The first-order chi connectivity index (χ1) is 16.2. The Bertz CT molecular complexity index is 1300. The molecule has 6 heteroatoms. The highest BCUT2D eigenvalue weighted by molar-refractivity contribution is 6.07. The molecule has 1 N–H and O–H groups in total. The molecule has 0 radical (unpaired) electrons. The first kappa shape index (κ1) is 22.4. The Morgan fingerprint density at radius 2 is 1.67 bits per heavy atom. The van der Waals surface area contributed by atoms with Gasteiger partial charge in [-0.2, -0.15) is 0 Å². The normalized spacial score (nSPS) is 12.6. The topological polar surface area (TPSA) is 69.7 Å². The molecule has 0 spiro atoms. The quantitative estimate of drug-likeness (QED) is 0.388. The van der Waals surface area contributed by atoms with Crippen molar-refractivity contribution in [3.05, 3.63) is 66.4 Å².